The fourth-order valence-electron chi connectivity index (χ4n) is 4.26. The Morgan fingerprint density at radius 1 is 1.09 bits per heavy atom. The van der Waals surface area contributed by atoms with E-state index in [-0.39, 0.29) is 11.7 Å². The molecule has 32 heavy (non-hydrogen) atoms. The summed E-state index contributed by atoms with van der Waals surface area (Å²) >= 11 is 0. The molecule has 1 N–H and O–H groups in total. The van der Waals surface area contributed by atoms with Crippen molar-refractivity contribution in [2.45, 2.75) is 18.9 Å². The van der Waals surface area contributed by atoms with Gasteiger partial charge in [0.05, 0.1) is 11.2 Å². The van der Waals surface area contributed by atoms with E-state index >= 15 is 0 Å². The molecular weight excluding hydrogens is 400 g/mol. The van der Waals surface area contributed by atoms with Crippen molar-refractivity contribution < 1.29 is 0 Å². The van der Waals surface area contributed by atoms with Crippen molar-refractivity contribution in [2.75, 3.05) is 25.5 Å². The van der Waals surface area contributed by atoms with Crippen LogP contribution in [-0.4, -0.2) is 44.1 Å². The van der Waals surface area contributed by atoms with Crippen LogP contribution >= 0.6 is 0 Å². The minimum atomic E-state index is -0.0213. The molecule has 0 bridgehead atoms. The fourth-order valence-corrected chi connectivity index (χ4v) is 4.26. The summed E-state index contributed by atoms with van der Waals surface area (Å²) in [6.45, 7) is 2.01. The predicted molar refractivity (Wildman–Crippen MR) is 127 cm³/mol. The van der Waals surface area contributed by atoms with Gasteiger partial charge in [0, 0.05) is 35.1 Å². The molecule has 0 unspecified atom stereocenters. The van der Waals surface area contributed by atoms with Crippen molar-refractivity contribution in [2.24, 2.45) is 0 Å². The summed E-state index contributed by atoms with van der Waals surface area (Å²) in [7, 11) is 2.12. The number of aromatic nitrogens is 4. The number of fused-ring (bicyclic) bond motifs is 1. The predicted octanol–water partition coefficient (Wildman–Crippen LogP) is 3.57. The molecule has 0 saturated carbocycles. The topological polar surface area (TPSA) is 68.0 Å². The summed E-state index contributed by atoms with van der Waals surface area (Å²) in [4.78, 5) is 24.3. The number of likely N-dealkylation sites (tertiary alicyclic amines) is 1. The molecule has 1 saturated heterocycles. The van der Waals surface area contributed by atoms with Crippen LogP contribution in [0.2, 0.25) is 0 Å². The Bertz CT molecular complexity index is 1370. The highest BCUT2D eigenvalue weighted by atomic mass is 16.1. The van der Waals surface area contributed by atoms with Gasteiger partial charge in [-0.15, -0.1) is 6.42 Å². The van der Waals surface area contributed by atoms with E-state index in [0.29, 0.717) is 5.82 Å². The van der Waals surface area contributed by atoms with Crippen molar-refractivity contribution >= 4 is 22.4 Å². The SMILES string of the molecule is C#Cc1cccc(Nc2ncnc3ccc(-n4ccn(C5CCN(C)CC5)c4=O)cc23)c1. The number of rotatable bonds is 4. The smallest absolute Gasteiger partial charge is 0.332 e. The number of nitrogens with one attached hydrogen (secondary N) is 1. The second kappa shape index (κ2) is 8.33. The van der Waals surface area contributed by atoms with Crippen LogP contribution in [0.5, 0.6) is 0 Å². The second-order valence-corrected chi connectivity index (χ2v) is 8.17. The van der Waals surface area contributed by atoms with Crippen molar-refractivity contribution in [3.05, 3.63) is 77.2 Å². The monoisotopic (exact) mass is 424 g/mol. The molecule has 0 amide bonds. The Labute approximate surface area is 186 Å². The van der Waals surface area contributed by atoms with E-state index in [1.807, 2.05) is 59.4 Å². The molecule has 0 aliphatic carbocycles. The molecule has 7 heteroatoms. The van der Waals surface area contributed by atoms with Gasteiger partial charge in [0.15, 0.2) is 0 Å². The van der Waals surface area contributed by atoms with Crippen LogP contribution in [0.25, 0.3) is 16.6 Å². The van der Waals surface area contributed by atoms with Crippen LogP contribution < -0.4 is 11.0 Å². The van der Waals surface area contributed by atoms with E-state index in [0.717, 1.165) is 53.8 Å². The maximum absolute atomic E-state index is 13.2. The van der Waals surface area contributed by atoms with Gasteiger partial charge in [0.1, 0.15) is 12.1 Å². The molecule has 1 aliphatic rings. The first-order valence-corrected chi connectivity index (χ1v) is 10.7. The van der Waals surface area contributed by atoms with Crippen LogP contribution in [0.3, 0.4) is 0 Å². The first-order chi connectivity index (χ1) is 15.6. The van der Waals surface area contributed by atoms with E-state index < -0.39 is 0 Å². The number of nitrogens with zero attached hydrogens (tertiary/aromatic N) is 5. The zero-order valence-corrected chi connectivity index (χ0v) is 17.9. The van der Waals surface area contributed by atoms with Crippen LogP contribution in [0.15, 0.2) is 66.0 Å². The van der Waals surface area contributed by atoms with Gasteiger partial charge in [0.25, 0.3) is 0 Å². The first-order valence-electron chi connectivity index (χ1n) is 10.7. The molecule has 1 fully saturated rings. The summed E-state index contributed by atoms with van der Waals surface area (Å²) in [5, 5.41) is 4.16. The van der Waals surface area contributed by atoms with Gasteiger partial charge < -0.3 is 10.2 Å². The Kier molecular flexibility index (Phi) is 5.21. The molecule has 1 aliphatic heterocycles. The summed E-state index contributed by atoms with van der Waals surface area (Å²) in [6.07, 6.45) is 12.8. The van der Waals surface area contributed by atoms with Crippen LogP contribution in [0.1, 0.15) is 24.4 Å². The maximum atomic E-state index is 13.2. The minimum Gasteiger partial charge on any atom is -0.340 e. The normalized spacial score (nSPS) is 15.0. The second-order valence-electron chi connectivity index (χ2n) is 8.17. The third-order valence-electron chi connectivity index (χ3n) is 6.07. The average Bonchev–Trinajstić information content (AvgIpc) is 3.21. The molecule has 4 aromatic rings. The molecule has 2 aromatic carbocycles. The zero-order chi connectivity index (χ0) is 22.1. The van der Waals surface area contributed by atoms with Crippen LogP contribution in [0, 0.1) is 12.3 Å². The van der Waals surface area contributed by atoms with E-state index in [4.69, 9.17) is 6.42 Å². The molecule has 3 heterocycles. The molecule has 7 nitrogen and oxygen atoms in total. The minimum absolute atomic E-state index is 0.0213. The number of imidazole rings is 1. The van der Waals surface area contributed by atoms with Crippen molar-refractivity contribution in [3.8, 4) is 18.0 Å². The molecule has 0 spiro atoms. The highest BCUT2D eigenvalue weighted by molar-refractivity contribution is 5.92. The summed E-state index contributed by atoms with van der Waals surface area (Å²) in [5.74, 6) is 3.30. The molecule has 0 atom stereocenters. The molecule has 5 rings (SSSR count). The van der Waals surface area contributed by atoms with Gasteiger partial charge in [0.2, 0.25) is 0 Å². The van der Waals surface area contributed by atoms with Gasteiger partial charge in [-0.2, -0.15) is 0 Å². The van der Waals surface area contributed by atoms with E-state index in [1.165, 1.54) is 6.33 Å². The first kappa shape index (κ1) is 20.0. The Balaban J connectivity index is 1.50. The number of hydrogen-bond acceptors (Lipinski definition) is 5. The lowest BCUT2D eigenvalue weighted by Crippen LogP contribution is -2.35. The van der Waals surface area contributed by atoms with Crippen molar-refractivity contribution in [1.29, 1.82) is 0 Å². The van der Waals surface area contributed by atoms with Gasteiger partial charge in [-0.1, -0.05) is 12.0 Å². The fraction of sp³-hybridized carbons (Fsp3) is 0.240. The highest BCUT2D eigenvalue weighted by Crippen LogP contribution is 2.26. The third kappa shape index (κ3) is 3.77. The van der Waals surface area contributed by atoms with Crippen molar-refractivity contribution in [3.63, 3.8) is 0 Å². The van der Waals surface area contributed by atoms with Crippen molar-refractivity contribution in [1.82, 2.24) is 24.0 Å². The summed E-state index contributed by atoms with van der Waals surface area (Å²) in [6, 6.07) is 13.6. The average molecular weight is 425 g/mol. The largest absolute Gasteiger partial charge is 0.340 e. The lowest BCUT2D eigenvalue weighted by Gasteiger charge is -2.29. The Morgan fingerprint density at radius 3 is 2.75 bits per heavy atom. The summed E-state index contributed by atoms with van der Waals surface area (Å²) < 4.78 is 3.55. The Morgan fingerprint density at radius 2 is 1.94 bits per heavy atom. The zero-order valence-electron chi connectivity index (χ0n) is 17.9. The van der Waals surface area contributed by atoms with Gasteiger partial charge in [-0.25, -0.2) is 14.8 Å². The third-order valence-corrected chi connectivity index (χ3v) is 6.07. The molecule has 0 radical (unpaired) electrons. The van der Waals surface area contributed by atoms with Gasteiger partial charge in [-0.05, 0) is 69.4 Å². The number of hydrogen-bond donors (Lipinski definition) is 1. The van der Waals surface area contributed by atoms with Crippen LogP contribution in [0.4, 0.5) is 11.5 Å². The molecule has 2 aromatic heterocycles. The lowest BCUT2D eigenvalue weighted by molar-refractivity contribution is 0.218. The van der Waals surface area contributed by atoms with Crippen LogP contribution in [-0.2, 0) is 0 Å². The summed E-state index contributed by atoms with van der Waals surface area (Å²) in [5.41, 5.74) is 3.19. The molecular formula is C25H24N6O. The highest BCUT2D eigenvalue weighted by Gasteiger charge is 2.20. The van der Waals surface area contributed by atoms with E-state index in [9.17, 15) is 4.79 Å². The lowest BCUT2D eigenvalue weighted by atomic mass is 10.1. The number of anilines is 2. The standard InChI is InChI=1S/C25H24N6O/c1-3-18-5-4-6-19(15-18)28-24-22-16-21(7-8-23(22)26-17-27-24)31-14-13-30(25(31)32)20-9-11-29(2)12-10-20/h1,4-8,13-17,20H,9-12H2,2H3,(H,26,27,28). The molecule has 160 valence electrons. The Hall–Kier alpha value is -3.89. The van der Waals surface area contributed by atoms with Gasteiger partial charge >= 0.3 is 5.69 Å². The quantitative estimate of drug-likeness (QED) is 0.507. The van der Waals surface area contributed by atoms with E-state index in [1.54, 1.807) is 4.57 Å². The maximum Gasteiger partial charge on any atom is 0.332 e. The number of benzene rings is 2. The van der Waals surface area contributed by atoms with E-state index in [2.05, 4.69) is 33.2 Å². The number of piperidine rings is 1. The number of terminal acetylenes is 1. The van der Waals surface area contributed by atoms with Gasteiger partial charge in [-0.3, -0.25) is 9.13 Å².